The average Bonchev–Trinajstić information content (AvgIpc) is 3.20. The van der Waals surface area contributed by atoms with Crippen LogP contribution in [-0.4, -0.2) is 43.2 Å². The molecule has 7 heteroatoms. The Morgan fingerprint density at radius 1 is 1.17 bits per heavy atom. The molecule has 1 unspecified atom stereocenters. The lowest BCUT2D eigenvalue weighted by Gasteiger charge is -2.35. The third-order valence-corrected chi connectivity index (χ3v) is 6.26. The first kappa shape index (κ1) is 19.8. The molecule has 3 aromatic rings. The van der Waals surface area contributed by atoms with E-state index in [-0.39, 0.29) is 17.1 Å². The first-order valence-corrected chi connectivity index (χ1v) is 10.6. The number of aryl methyl sites for hydroxylation is 1. The lowest BCUT2D eigenvalue weighted by molar-refractivity contribution is 0.167. The number of fused-ring (bicyclic) bond motifs is 1. The first-order chi connectivity index (χ1) is 13.9. The van der Waals surface area contributed by atoms with Crippen LogP contribution in [0.25, 0.3) is 10.9 Å². The smallest absolute Gasteiger partial charge is 0.253 e. The van der Waals surface area contributed by atoms with Crippen molar-refractivity contribution < 1.29 is 0 Å². The molecule has 29 heavy (non-hydrogen) atoms. The molecule has 1 aliphatic rings. The van der Waals surface area contributed by atoms with Crippen molar-refractivity contribution in [1.82, 2.24) is 30.1 Å². The van der Waals surface area contributed by atoms with Gasteiger partial charge in [0.2, 0.25) is 0 Å². The molecule has 0 aliphatic carbocycles. The number of likely N-dealkylation sites (tertiary alicyclic amines) is 1. The fraction of sp³-hybridized carbons (Fsp3) is 0.545. The van der Waals surface area contributed by atoms with Crippen LogP contribution in [0.5, 0.6) is 0 Å². The number of nitrogens with zero attached hydrogens (tertiary/aromatic N) is 5. The van der Waals surface area contributed by atoms with Gasteiger partial charge in [0, 0.05) is 11.1 Å². The van der Waals surface area contributed by atoms with Gasteiger partial charge in [0.05, 0.1) is 5.54 Å². The highest BCUT2D eigenvalue weighted by Crippen LogP contribution is 2.32. The Kier molecular flexibility index (Phi) is 5.25. The molecule has 1 aromatic carbocycles. The van der Waals surface area contributed by atoms with E-state index < -0.39 is 0 Å². The minimum atomic E-state index is -0.259. The molecule has 0 radical (unpaired) electrons. The van der Waals surface area contributed by atoms with Crippen LogP contribution in [0.3, 0.4) is 0 Å². The van der Waals surface area contributed by atoms with Gasteiger partial charge < -0.3 is 4.98 Å². The van der Waals surface area contributed by atoms with Crippen molar-refractivity contribution in [2.45, 2.75) is 65.0 Å². The zero-order valence-corrected chi connectivity index (χ0v) is 17.8. The average molecular weight is 395 g/mol. The Hall–Kier alpha value is -2.54. The van der Waals surface area contributed by atoms with Gasteiger partial charge >= 0.3 is 0 Å². The SMILES string of the molecule is CCC(C)(C)n1nnnc1C(c1cc2cc(C)ccc2[nH]c1=O)N1CCCCC1. The van der Waals surface area contributed by atoms with Gasteiger partial charge in [0.25, 0.3) is 5.56 Å². The van der Waals surface area contributed by atoms with Gasteiger partial charge in [0.15, 0.2) is 5.82 Å². The van der Waals surface area contributed by atoms with Gasteiger partial charge in [0.1, 0.15) is 6.04 Å². The van der Waals surface area contributed by atoms with Crippen molar-refractivity contribution >= 4 is 10.9 Å². The second-order valence-electron chi connectivity index (χ2n) is 8.76. The van der Waals surface area contributed by atoms with E-state index in [0.29, 0.717) is 5.56 Å². The molecule has 1 N–H and O–H groups in total. The topological polar surface area (TPSA) is 79.7 Å². The molecule has 154 valence electrons. The summed E-state index contributed by atoms with van der Waals surface area (Å²) in [5.74, 6) is 0.747. The van der Waals surface area contributed by atoms with E-state index in [9.17, 15) is 4.79 Å². The lowest BCUT2D eigenvalue weighted by atomic mass is 9.97. The van der Waals surface area contributed by atoms with Crippen LogP contribution in [0.2, 0.25) is 0 Å². The molecule has 0 amide bonds. The van der Waals surface area contributed by atoms with Crippen LogP contribution in [0.1, 0.15) is 69.4 Å². The van der Waals surface area contributed by atoms with Crippen molar-refractivity contribution in [3.63, 3.8) is 0 Å². The fourth-order valence-electron chi connectivity index (χ4n) is 4.17. The van der Waals surface area contributed by atoms with Crippen molar-refractivity contribution in [2.75, 3.05) is 13.1 Å². The van der Waals surface area contributed by atoms with Crippen LogP contribution in [-0.2, 0) is 5.54 Å². The van der Waals surface area contributed by atoms with Crippen LogP contribution in [0.15, 0.2) is 29.1 Å². The van der Waals surface area contributed by atoms with Gasteiger partial charge in [-0.15, -0.1) is 5.10 Å². The zero-order chi connectivity index (χ0) is 20.6. The molecule has 1 saturated heterocycles. The second kappa shape index (κ2) is 7.71. The van der Waals surface area contributed by atoms with Gasteiger partial charge in [-0.1, -0.05) is 25.0 Å². The summed E-state index contributed by atoms with van der Waals surface area (Å²) in [5, 5.41) is 13.8. The van der Waals surface area contributed by atoms with E-state index >= 15 is 0 Å². The number of aromatic amines is 1. The number of nitrogens with one attached hydrogen (secondary N) is 1. The predicted molar refractivity (Wildman–Crippen MR) is 114 cm³/mol. The highest BCUT2D eigenvalue weighted by Gasteiger charge is 2.34. The number of benzene rings is 1. The van der Waals surface area contributed by atoms with Crippen molar-refractivity contribution in [3.8, 4) is 0 Å². The monoisotopic (exact) mass is 394 g/mol. The maximum Gasteiger partial charge on any atom is 0.253 e. The van der Waals surface area contributed by atoms with Crippen LogP contribution < -0.4 is 5.56 Å². The Morgan fingerprint density at radius 3 is 2.66 bits per heavy atom. The standard InChI is InChI=1S/C22H30N6O/c1-5-22(3,4)28-20(24-25-26-28)19(27-11-7-6-8-12-27)17-14-16-13-15(2)9-10-18(16)23-21(17)29/h9-10,13-14,19H,5-8,11-12H2,1-4H3,(H,23,29). The third-order valence-electron chi connectivity index (χ3n) is 6.26. The van der Waals surface area contributed by atoms with E-state index in [1.807, 2.05) is 22.9 Å². The summed E-state index contributed by atoms with van der Waals surface area (Å²) in [7, 11) is 0. The zero-order valence-electron chi connectivity index (χ0n) is 17.8. The minimum absolute atomic E-state index is 0.0687. The van der Waals surface area contributed by atoms with Crippen LogP contribution in [0, 0.1) is 6.92 Å². The molecule has 1 fully saturated rings. The number of rotatable bonds is 5. The summed E-state index contributed by atoms with van der Waals surface area (Å²) in [6, 6.07) is 7.87. The molecular weight excluding hydrogens is 364 g/mol. The predicted octanol–water partition coefficient (Wildman–Crippen LogP) is 3.54. The Bertz CT molecular complexity index is 1060. The number of H-pyrrole nitrogens is 1. The lowest BCUT2D eigenvalue weighted by Crippen LogP contribution is -2.40. The van der Waals surface area contributed by atoms with Gasteiger partial charge in [-0.2, -0.15) is 0 Å². The van der Waals surface area contributed by atoms with Crippen LogP contribution in [0.4, 0.5) is 0 Å². The molecule has 3 heterocycles. The first-order valence-electron chi connectivity index (χ1n) is 10.6. The summed E-state index contributed by atoms with van der Waals surface area (Å²) >= 11 is 0. The van der Waals surface area contributed by atoms with Gasteiger partial charge in [-0.3, -0.25) is 9.69 Å². The maximum absolute atomic E-state index is 13.2. The largest absolute Gasteiger partial charge is 0.322 e. The number of aromatic nitrogens is 5. The minimum Gasteiger partial charge on any atom is -0.322 e. The normalized spacial score (nSPS) is 17.0. The summed E-state index contributed by atoms with van der Waals surface area (Å²) in [6.07, 6.45) is 4.37. The Labute approximate surface area is 171 Å². The fourth-order valence-corrected chi connectivity index (χ4v) is 4.17. The number of hydrogen-bond donors (Lipinski definition) is 1. The number of hydrogen-bond acceptors (Lipinski definition) is 5. The number of piperidine rings is 1. The number of tetrazole rings is 1. The summed E-state index contributed by atoms with van der Waals surface area (Å²) in [4.78, 5) is 18.6. The molecule has 2 aromatic heterocycles. The molecular formula is C22H30N6O. The van der Waals surface area contributed by atoms with Crippen molar-refractivity contribution in [1.29, 1.82) is 0 Å². The highest BCUT2D eigenvalue weighted by molar-refractivity contribution is 5.79. The van der Waals surface area contributed by atoms with E-state index in [2.05, 4.69) is 59.2 Å². The van der Waals surface area contributed by atoms with Crippen molar-refractivity contribution in [3.05, 3.63) is 51.6 Å². The molecule has 0 saturated carbocycles. The molecule has 1 atom stereocenters. The van der Waals surface area contributed by atoms with E-state index in [1.54, 1.807) is 0 Å². The van der Waals surface area contributed by atoms with E-state index in [4.69, 9.17) is 0 Å². The quantitative estimate of drug-likeness (QED) is 0.716. The Balaban J connectivity index is 1.91. The summed E-state index contributed by atoms with van der Waals surface area (Å²) in [5.41, 5.74) is 2.44. The molecule has 7 nitrogen and oxygen atoms in total. The molecule has 0 spiro atoms. The van der Waals surface area contributed by atoms with Gasteiger partial charge in [-0.25, -0.2) is 4.68 Å². The highest BCUT2D eigenvalue weighted by atomic mass is 16.1. The summed E-state index contributed by atoms with van der Waals surface area (Å²) in [6.45, 7) is 10.3. The maximum atomic E-state index is 13.2. The Morgan fingerprint density at radius 2 is 1.93 bits per heavy atom. The van der Waals surface area contributed by atoms with E-state index in [1.165, 1.54) is 12.0 Å². The molecule has 1 aliphatic heterocycles. The second-order valence-corrected chi connectivity index (χ2v) is 8.76. The van der Waals surface area contributed by atoms with E-state index in [0.717, 1.165) is 49.1 Å². The molecule has 0 bridgehead atoms. The summed E-state index contributed by atoms with van der Waals surface area (Å²) < 4.78 is 1.91. The van der Waals surface area contributed by atoms with Crippen LogP contribution >= 0.6 is 0 Å². The third kappa shape index (κ3) is 3.71. The molecule has 4 rings (SSSR count). The number of pyridine rings is 1. The van der Waals surface area contributed by atoms with Crippen molar-refractivity contribution in [2.24, 2.45) is 0 Å². The van der Waals surface area contributed by atoms with Gasteiger partial charge in [-0.05, 0) is 87.1 Å².